The lowest BCUT2D eigenvalue weighted by Gasteiger charge is -1.90. The van der Waals surface area contributed by atoms with E-state index in [9.17, 15) is 0 Å². The molecule has 2 N–H and O–H groups in total. The van der Waals surface area contributed by atoms with Crippen molar-refractivity contribution in [2.75, 3.05) is 5.73 Å². The summed E-state index contributed by atoms with van der Waals surface area (Å²) >= 11 is 1.33. The quantitative estimate of drug-likeness (QED) is 0.726. The van der Waals surface area contributed by atoms with Gasteiger partial charge in [-0.2, -0.15) is 9.64 Å². The van der Waals surface area contributed by atoms with Gasteiger partial charge in [-0.15, -0.1) is 0 Å². The fraction of sp³-hybridized carbons (Fsp3) is 0.429. The van der Waals surface area contributed by atoms with Crippen LogP contribution >= 0.6 is 11.5 Å². The lowest BCUT2D eigenvalue weighted by molar-refractivity contribution is 0.937. The smallest absolute Gasteiger partial charge is 0.155 e. The molecule has 0 aliphatic carbocycles. The summed E-state index contributed by atoms with van der Waals surface area (Å²) in [7, 11) is 0. The lowest BCUT2D eigenvalue weighted by Crippen LogP contribution is -1.89. The third kappa shape index (κ3) is 1.49. The van der Waals surface area contributed by atoms with E-state index in [1.54, 1.807) is 0 Å². The van der Waals surface area contributed by atoms with E-state index in [0.717, 1.165) is 17.7 Å². The molecule has 0 aromatic carbocycles. The van der Waals surface area contributed by atoms with Gasteiger partial charge in [0.2, 0.25) is 0 Å². The van der Waals surface area contributed by atoms with Crippen LogP contribution in [0.3, 0.4) is 0 Å². The molecule has 0 spiro atoms. The number of hydrogen-bond acceptors (Lipinski definition) is 4. The highest BCUT2D eigenvalue weighted by Gasteiger charge is 2.08. The molecule has 0 radical (unpaired) electrons. The summed E-state index contributed by atoms with van der Waals surface area (Å²) in [5, 5.41) is 8.65. The van der Waals surface area contributed by atoms with Gasteiger partial charge < -0.3 is 5.73 Å². The van der Waals surface area contributed by atoms with Crippen LogP contribution in [0.15, 0.2) is 0 Å². The third-order valence-electron chi connectivity index (χ3n) is 1.38. The Balaban J connectivity index is 2.98. The molecule has 3 nitrogen and oxygen atoms in total. The van der Waals surface area contributed by atoms with E-state index in [1.807, 2.05) is 0 Å². The molecule has 0 aliphatic heterocycles. The number of nitriles is 1. The Morgan fingerprint density at radius 3 is 3.00 bits per heavy atom. The summed E-state index contributed by atoms with van der Waals surface area (Å²) in [5.74, 6) is 0.376. The van der Waals surface area contributed by atoms with E-state index >= 15 is 0 Å². The van der Waals surface area contributed by atoms with Crippen LogP contribution in [0.2, 0.25) is 0 Å². The van der Waals surface area contributed by atoms with E-state index in [-0.39, 0.29) is 0 Å². The predicted molar refractivity (Wildman–Crippen MR) is 45.2 cm³/mol. The van der Waals surface area contributed by atoms with E-state index in [1.165, 1.54) is 11.5 Å². The van der Waals surface area contributed by atoms with Crippen molar-refractivity contribution in [3.63, 3.8) is 0 Å². The zero-order valence-corrected chi connectivity index (χ0v) is 7.11. The highest BCUT2D eigenvalue weighted by molar-refractivity contribution is 7.06. The summed E-state index contributed by atoms with van der Waals surface area (Å²) in [6.07, 6.45) is 1.92. The van der Waals surface area contributed by atoms with Gasteiger partial charge in [0.25, 0.3) is 0 Å². The normalized spacial score (nSPS) is 9.45. The van der Waals surface area contributed by atoms with Gasteiger partial charge in [0, 0.05) is 4.88 Å². The van der Waals surface area contributed by atoms with Crippen molar-refractivity contribution in [2.45, 2.75) is 19.8 Å². The highest BCUT2D eigenvalue weighted by atomic mass is 32.1. The fourth-order valence-corrected chi connectivity index (χ4v) is 1.69. The maximum absolute atomic E-state index is 8.65. The summed E-state index contributed by atoms with van der Waals surface area (Å²) in [5.41, 5.74) is 6.03. The Hall–Kier alpha value is -1.08. The van der Waals surface area contributed by atoms with Crippen molar-refractivity contribution >= 4 is 17.4 Å². The van der Waals surface area contributed by atoms with Crippen molar-refractivity contribution in [3.05, 3.63) is 10.4 Å². The van der Waals surface area contributed by atoms with Crippen LogP contribution in [0.5, 0.6) is 0 Å². The van der Waals surface area contributed by atoms with Gasteiger partial charge >= 0.3 is 0 Å². The zero-order chi connectivity index (χ0) is 8.27. The van der Waals surface area contributed by atoms with Crippen LogP contribution in [0.4, 0.5) is 5.82 Å². The van der Waals surface area contributed by atoms with Crippen LogP contribution < -0.4 is 5.73 Å². The molecular weight excluding hydrogens is 158 g/mol. The number of rotatable bonds is 2. The largest absolute Gasteiger partial charge is 0.382 e. The van der Waals surface area contributed by atoms with Crippen LogP contribution in [0.25, 0.3) is 0 Å². The zero-order valence-electron chi connectivity index (χ0n) is 6.29. The minimum Gasteiger partial charge on any atom is -0.382 e. The molecule has 0 amide bonds. The molecule has 1 rings (SSSR count). The minimum absolute atomic E-state index is 0.376. The summed E-state index contributed by atoms with van der Waals surface area (Å²) in [6, 6.07) is 2.05. The average molecular weight is 167 g/mol. The van der Waals surface area contributed by atoms with Gasteiger partial charge in [-0.25, -0.2) is 0 Å². The molecule has 11 heavy (non-hydrogen) atoms. The monoisotopic (exact) mass is 167 g/mol. The SMILES string of the molecule is CCCc1snc(N)c1C#N. The van der Waals surface area contributed by atoms with Crippen molar-refractivity contribution in [1.82, 2.24) is 4.37 Å². The molecule has 58 valence electrons. The Morgan fingerprint density at radius 1 is 1.73 bits per heavy atom. The average Bonchev–Trinajstić information content (AvgIpc) is 2.33. The topological polar surface area (TPSA) is 62.7 Å². The first-order valence-electron chi connectivity index (χ1n) is 3.43. The van der Waals surface area contributed by atoms with E-state index in [0.29, 0.717) is 11.4 Å². The van der Waals surface area contributed by atoms with Crippen molar-refractivity contribution in [2.24, 2.45) is 0 Å². The first-order valence-corrected chi connectivity index (χ1v) is 4.21. The fourth-order valence-electron chi connectivity index (χ4n) is 0.856. The molecule has 0 saturated heterocycles. The number of aromatic nitrogens is 1. The van der Waals surface area contributed by atoms with Crippen molar-refractivity contribution < 1.29 is 0 Å². The van der Waals surface area contributed by atoms with Crippen molar-refractivity contribution in [3.8, 4) is 6.07 Å². The molecule has 0 bridgehead atoms. The van der Waals surface area contributed by atoms with Gasteiger partial charge in [0.1, 0.15) is 11.6 Å². The van der Waals surface area contributed by atoms with Gasteiger partial charge in [-0.3, -0.25) is 0 Å². The maximum Gasteiger partial charge on any atom is 0.155 e. The Bertz CT molecular complexity index is 284. The molecule has 0 atom stereocenters. The Labute approximate surface area is 69.6 Å². The number of aryl methyl sites for hydroxylation is 1. The molecule has 0 fully saturated rings. The Kier molecular flexibility index (Phi) is 2.44. The number of nitrogen functional groups attached to an aromatic ring is 1. The predicted octanol–water partition coefficient (Wildman–Crippen LogP) is 1.55. The summed E-state index contributed by atoms with van der Waals surface area (Å²) in [6.45, 7) is 2.07. The maximum atomic E-state index is 8.65. The van der Waals surface area contributed by atoms with Crippen LogP contribution in [0, 0.1) is 11.3 Å². The highest BCUT2D eigenvalue weighted by Crippen LogP contribution is 2.20. The summed E-state index contributed by atoms with van der Waals surface area (Å²) in [4.78, 5) is 1.01. The van der Waals surface area contributed by atoms with Gasteiger partial charge in [-0.05, 0) is 18.0 Å². The van der Waals surface area contributed by atoms with Gasteiger partial charge in [-0.1, -0.05) is 13.3 Å². The van der Waals surface area contributed by atoms with Gasteiger partial charge in [0.15, 0.2) is 5.82 Å². The molecule has 1 heterocycles. The second-order valence-electron chi connectivity index (χ2n) is 2.23. The third-order valence-corrected chi connectivity index (χ3v) is 2.29. The van der Waals surface area contributed by atoms with Crippen LogP contribution in [-0.4, -0.2) is 4.37 Å². The number of anilines is 1. The van der Waals surface area contributed by atoms with Crippen LogP contribution in [-0.2, 0) is 6.42 Å². The minimum atomic E-state index is 0.376. The molecule has 0 unspecified atom stereocenters. The summed E-state index contributed by atoms with van der Waals surface area (Å²) < 4.78 is 3.90. The first kappa shape index (κ1) is 8.02. The van der Waals surface area contributed by atoms with E-state index in [2.05, 4.69) is 17.4 Å². The second kappa shape index (κ2) is 3.35. The molecule has 0 aliphatic rings. The van der Waals surface area contributed by atoms with E-state index < -0.39 is 0 Å². The Morgan fingerprint density at radius 2 is 2.45 bits per heavy atom. The molecule has 1 aromatic heterocycles. The molecule has 1 aromatic rings. The number of nitrogens with zero attached hydrogens (tertiary/aromatic N) is 2. The first-order chi connectivity index (χ1) is 5.29. The molecular formula is C7H9N3S. The standard InChI is InChI=1S/C7H9N3S/c1-2-3-6-5(4-8)7(9)10-11-6/h2-3H2,1H3,(H2,9,10). The lowest BCUT2D eigenvalue weighted by atomic mass is 10.2. The number of nitrogens with two attached hydrogens (primary N) is 1. The molecule has 4 heteroatoms. The molecule has 0 saturated carbocycles. The number of hydrogen-bond donors (Lipinski definition) is 1. The van der Waals surface area contributed by atoms with Gasteiger partial charge in [0.05, 0.1) is 0 Å². The van der Waals surface area contributed by atoms with Crippen LogP contribution in [0.1, 0.15) is 23.8 Å². The van der Waals surface area contributed by atoms with E-state index in [4.69, 9.17) is 11.0 Å². The van der Waals surface area contributed by atoms with Crippen molar-refractivity contribution in [1.29, 1.82) is 5.26 Å². The second-order valence-corrected chi connectivity index (χ2v) is 3.09.